The highest BCUT2D eigenvalue weighted by atomic mass is 35.5. The second-order valence-electron chi connectivity index (χ2n) is 3.13. The fourth-order valence-corrected chi connectivity index (χ4v) is 2.89. The van der Waals surface area contributed by atoms with Gasteiger partial charge in [-0.3, -0.25) is 0 Å². The number of benzene rings is 1. The average molecular weight is 227 g/mol. The fraction of sp³-hybridized carbons (Fsp3) is 0.273. The fourth-order valence-electron chi connectivity index (χ4n) is 1.56. The molecule has 0 saturated heterocycles. The van der Waals surface area contributed by atoms with Crippen molar-refractivity contribution in [3.05, 3.63) is 28.1 Å². The smallest absolute Gasteiger partial charge is 0.138 e. The van der Waals surface area contributed by atoms with Gasteiger partial charge < -0.3 is 4.74 Å². The third-order valence-corrected chi connectivity index (χ3v) is 3.23. The molecule has 0 amide bonds. The topological polar surface area (TPSA) is 9.23 Å². The van der Waals surface area contributed by atoms with Crippen molar-refractivity contribution >= 4 is 33.0 Å². The minimum atomic E-state index is 0.702. The first kappa shape index (κ1) is 9.81. The molecule has 0 aliphatic carbocycles. The van der Waals surface area contributed by atoms with E-state index >= 15 is 0 Å². The minimum absolute atomic E-state index is 0.702. The van der Waals surface area contributed by atoms with Gasteiger partial charge in [0.05, 0.1) is 6.61 Å². The molecule has 0 spiro atoms. The van der Waals surface area contributed by atoms with Crippen molar-refractivity contribution in [3.63, 3.8) is 0 Å². The van der Waals surface area contributed by atoms with Gasteiger partial charge in [0.25, 0.3) is 0 Å². The van der Waals surface area contributed by atoms with Crippen LogP contribution in [0.4, 0.5) is 0 Å². The molecule has 0 N–H and O–H groups in total. The molecule has 2 aromatic rings. The first-order chi connectivity index (χ1) is 6.72. The normalized spacial score (nSPS) is 10.8. The van der Waals surface area contributed by atoms with Gasteiger partial charge in [0.15, 0.2) is 0 Å². The zero-order valence-corrected chi connectivity index (χ0v) is 9.71. The summed E-state index contributed by atoms with van der Waals surface area (Å²) in [5, 5.41) is 4.03. The van der Waals surface area contributed by atoms with Crippen molar-refractivity contribution in [2.24, 2.45) is 0 Å². The highest BCUT2D eigenvalue weighted by Gasteiger charge is 2.08. The van der Waals surface area contributed by atoms with Gasteiger partial charge in [-0.15, -0.1) is 11.3 Å². The van der Waals surface area contributed by atoms with E-state index in [0.717, 1.165) is 10.8 Å². The van der Waals surface area contributed by atoms with E-state index in [-0.39, 0.29) is 0 Å². The minimum Gasteiger partial charge on any atom is -0.492 e. The van der Waals surface area contributed by atoms with Gasteiger partial charge in [-0.1, -0.05) is 11.6 Å². The maximum atomic E-state index is 5.98. The van der Waals surface area contributed by atoms with Gasteiger partial charge in [-0.05, 0) is 31.5 Å². The zero-order valence-electron chi connectivity index (χ0n) is 8.13. The second kappa shape index (κ2) is 3.79. The summed E-state index contributed by atoms with van der Waals surface area (Å²) in [5.74, 6) is 0.974. The van der Waals surface area contributed by atoms with E-state index in [4.69, 9.17) is 16.3 Å². The molecule has 0 aliphatic rings. The average Bonchev–Trinajstić information content (AvgIpc) is 2.49. The number of hydrogen-bond acceptors (Lipinski definition) is 2. The van der Waals surface area contributed by atoms with E-state index in [0.29, 0.717) is 6.61 Å². The molecule has 1 heterocycles. The zero-order chi connectivity index (χ0) is 10.1. The Kier molecular flexibility index (Phi) is 2.66. The predicted octanol–water partition coefficient (Wildman–Crippen LogP) is 4.26. The van der Waals surface area contributed by atoms with Crippen LogP contribution in [0.1, 0.15) is 12.5 Å². The molecule has 1 aromatic heterocycles. The van der Waals surface area contributed by atoms with Crippen LogP contribution in [0.15, 0.2) is 17.5 Å². The van der Waals surface area contributed by atoms with E-state index in [2.05, 4.69) is 6.92 Å². The van der Waals surface area contributed by atoms with Crippen LogP contribution in [0.25, 0.3) is 10.1 Å². The molecule has 0 aliphatic heterocycles. The van der Waals surface area contributed by atoms with Crippen molar-refractivity contribution in [2.45, 2.75) is 13.8 Å². The molecular formula is C11H11ClOS. The van der Waals surface area contributed by atoms with Gasteiger partial charge in [0.1, 0.15) is 5.75 Å². The monoisotopic (exact) mass is 226 g/mol. The van der Waals surface area contributed by atoms with Crippen LogP contribution in [0.2, 0.25) is 5.02 Å². The van der Waals surface area contributed by atoms with Crippen LogP contribution in [0, 0.1) is 6.92 Å². The Balaban J connectivity index is 2.66. The van der Waals surface area contributed by atoms with Crippen LogP contribution in [0.5, 0.6) is 5.75 Å². The molecule has 0 saturated carbocycles. The summed E-state index contributed by atoms with van der Waals surface area (Å²) in [6.07, 6.45) is 0. The Bertz CT molecular complexity index is 462. The molecule has 3 heteroatoms. The molecule has 1 aromatic carbocycles. The van der Waals surface area contributed by atoms with Crippen LogP contribution < -0.4 is 4.74 Å². The summed E-state index contributed by atoms with van der Waals surface area (Å²) < 4.78 is 6.74. The van der Waals surface area contributed by atoms with Crippen molar-refractivity contribution in [1.82, 2.24) is 0 Å². The number of halogens is 1. The molecule has 0 radical (unpaired) electrons. The molecule has 0 bridgehead atoms. The van der Waals surface area contributed by atoms with E-state index in [1.54, 1.807) is 11.3 Å². The van der Waals surface area contributed by atoms with Crippen molar-refractivity contribution in [1.29, 1.82) is 0 Å². The molecule has 0 fully saturated rings. The summed E-state index contributed by atoms with van der Waals surface area (Å²) in [4.78, 5) is 0. The lowest BCUT2D eigenvalue weighted by Crippen LogP contribution is -1.90. The Morgan fingerprint density at radius 1 is 1.43 bits per heavy atom. The van der Waals surface area contributed by atoms with Crippen LogP contribution in [-0.2, 0) is 0 Å². The molecule has 1 nitrogen and oxygen atoms in total. The molecular weight excluding hydrogens is 216 g/mol. The highest BCUT2D eigenvalue weighted by molar-refractivity contribution is 7.17. The van der Waals surface area contributed by atoms with E-state index in [1.807, 2.05) is 24.4 Å². The number of thiophene rings is 1. The molecule has 0 unspecified atom stereocenters. The number of hydrogen-bond donors (Lipinski definition) is 0. The number of rotatable bonds is 2. The molecule has 14 heavy (non-hydrogen) atoms. The summed E-state index contributed by atoms with van der Waals surface area (Å²) in [7, 11) is 0. The third-order valence-electron chi connectivity index (χ3n) is 2.10. The summed E-state index contributed by atoms with van der Waals surface area (Å²) >= 11 is 7.65. The Labute approximate surface area is 92.3 Å². The summed E-state index contributed by atoms with van der Waals surface area (Å²) in [5.41, 5.74) is 1.18. The molecule has 2 rings (SSSR count). The van der Waals surface area contributed by atoms with Crippen LogP contribution in [-0.4, -0.2) is 6.61 Å². The number of fused-ring (bicyclic) bond motifs is 1. The first-order valence-electron chi connectivity index (χ1n) is 4.52. The lowest BCUT2D eigenvalue weighted by molar-refractivity contribution is 0.345. The van der Waals surface area contributed by atoms with Gasteiger partial charge in [-0.2, -0.15) is 0 Å². The van der Waals surface area contributed by atoms with Crippen molar-refractivity contribution in [3.8, 4) is 5.75 Å². The highest BCUT2D eigenvalue weighted by Crippen LogP contribution is 2.36. The Hall–Kier alpha value is -0.730. The predicted molar refractivity (Wildman–Crippen MR) is 62.7 cm³/mol. The lowest BCUT2D eigenvalue weighted by Gasteiger charge is -2.03. The van der Waals surface area contributed by atoms with Crippen molar-refractivity contribution < 1.29 is 4.74 Å². The van der Waals surface area contributed by atoms with Crippen molar-refractivity contribution in [2.75, 3.05) is 6.61 Å². The lowest BCUT2D eigenvalue weighted by atomic mass is 10.1. The van der Waals surface area contributed by atoms with Crippen LogP contribution in [0.3, 0.4) is 0 Å². The van der Waals surface area contributed by atoms with Crippen LogP contribution >= 0.6 is 22.9 Å². The van der Waals surface area contributed by atoms with Gasteiger partial charge in [0, 0.05) is 20.5 Å². The van der Waals surface area contributed by atoms with E-state index < -0.39 is 0 Å². The third kappa shape index (κ3) is 1.60. The van der Waals surface area contributed by atoms with E-state index in [1.165, 1.54) is 15.6 Å². The van der Waals surface area contributed by atoms with Gasteiger partial charge in [0.2, 0.25) is 0 Å². The quantitative estimate of drug-likeness (QED) is 0.744. The van der Waals surface area contributed by atoms with Gasteiger partial charge in [-0.25, -0.2) is 0 Å². The number of ether oxygens (including phenoxy) is 1. The maximum absolute atomic E-state index is 5.98. The SMILES string of the molecule is CCOc1csc2cc(Cl)cc(C)c12. The number of aryl methyl sites for hydroxylation is 1. The second-order valence-corrected chi connectivity index (χ2v) is 4.48. The van der Waals surface area contributed by atoms with Gasteiger partial charge >= 0.3 is 0 Å². The molecule has 0 atom stereocenters. The van der Waals surface area contributed by atoms with E-state index in [9.17, 15) is 0 Å². The Morgan fingerprint density at radius 3 is 2.93 bits per heavy atom. The standard InChI is InChI=1S/C11H11ClOS/c1-3-13-9-6-14-10-5-8(12)4-7(2)11(9)10/h4-6H,3H2,1-2H3. The Morgan fingerprint density at radius 2 is 2.21 bits per heavy atom. The largest absolute Gasteiger partial charge is 0.492 e. The summed E-state index contributed by atoms with van der Waals surface area (Å²) in [6.45, 7) is 4.76. The first-order valence-corrected chi connectivity index (χ1v) is 5.78. The molecule has 74 valence electrons. The summed E-state index contributed by atoms with van der Waals surface area (Å²) in [6, 6.07) is 3.95. The maximum Gasteiger partial charge on any atom is 0.138 e.